The number of halogens is 1. The summed E-state index contributed by atoms with van der Waals surface area (Å²) in [6.07, 6.45) is 7.05. The van der Waals surface area contributed by atoms with E-state index in [9.17, 15) is 0 Å². The van der Waals surface area contributed by atoms with Crippen molar-refractivity contribution in [2.75, 3.05) is 18.0 Å². The normalized spacial score (nSPS) is 20.6. The highest BCUT2D eigenvalue weighted by Crippen LogP contribution is 2.31. The molecule has 0 atom stereocenters. The monoisotopic (exact) mass is 239 g/mol. The molecule has 1 aromatic heterocycles. The van der Waals surface area contributed by atoms with Crippen LogP contribution in [0.4, 0.5) is 5.82 Å². The Morgan fingerprint density at radius 1 is 1.25 bits per heavy atom. The van der Waals surface area contributed by atoms with Gasteiger partial charge in [-0.05, 0) is 24.7 Å². The highest BCUT2D eigenvalue weighted by molar-refractivity contribution is 6.29. The number of hydrogen-bond acceptors (Lipinski definition) is 3. The van der Waals surface area contributed by atoms with E-state index in [0.29, 0.717) is 10.6 Å². The second kappa shape index (κ2) is 4.58. The van der Waals surface area contributed by atoms with Crippen LogP contribution in [-0.2, 0) is 0 Å². The van der Waals surface area contributed by atoms with E-state index in [2.05, 4.69) is 28.7 Å². The standard InChI is InChI=1S/C12H18ClN3/c1-12(2)4-3-6-16(7-5-12)11-9-14-8-10(13)15-11/h8-9H,3-7H2,1-2H3. The minimum atomic E-state index is 0.445. The number of hydrogen-bond donors (Lipinski definition) is 0. The summed E-state index contributed by atoms with van der Waals surface area (Å²) in [7, 11) is 0. The molecule has 2 heterocycles. The minimum Gasteiger partial charge on any atom is -0.355 e. The van der Waals surface area contributed by atoms with Gasteiger partial charge in [0.2, 0.25) is 0 Å². The highest BCUT2D eigenvalue weighted by atomic mass is 35.5. The van der Waals surface area contributed by atoms with Crippen LogP contribution in [0.15, 0.2) is 12.4 Å². The molecule has 0 aliphatic carbocycles. The lowest BCUT2D eigenvalue weighted by Crippen LogP contribution is -2.26. The second-order valence-electron chi connectivity index (χ2n) is 5.20. The van der Waals surface area contributed by atoms with Crippen LogP contribution >= 0.6 is 11.6 Å². The molecule has 3 nitrogen and oxygen atoms in total. The first-order valence-electron chi connectivity index (χ1n) is 5.79. The molecule has 1 aliphatic rings. The fraction of sp³-hybridized carbons (Fsp3) is 0.667. The lowest BCUT2D eigenvalue weighted by atomic mass is 9.85. The molecule has 0 spiro atoms. The molecule has 0 unspecified atom stereocenters. The number of rotatable bonds is 1. The first-order valence-corrected chi connectivity index (χ1v) is 6.17. The van der Waals surface area contributed by atoms with E-state index in [1.165, 1.54) is 19.3 Å². The predicted molar refractivity (Wildman–Crippen MR) is 66.9 cm³/mol. The quantitative estimate of drug-likeness (QED) is 0.754. The smallest absolute Gasteiger partial charge is 0.149 e. The first-order chi connectivity index (χ1) is 7.57. The van der Waals surface area contributed by atoms with Gasteiger partial charge in [-0.25, -0.2) is 4.98 Å². The molecule has 0 aromatic carbocycles. The van der Waals surface area contributed by atoms with Gasteiger partial charge < -0.3 is 4.90 Å². The van der Waals surface area contributed by atoms with Gasteiger partial charge in [0.1, 0.15) is 11.0 Å². The average molecular weight is 240 g/mol. The summed E-state index contributed by atoms with van der Waals surface area (Å²) in [4.78, 5) is 10.7. The lowest BCUT2D eigenvalue weighted by molar-refractivity contribution is 0.325. The Bertz CT molecular complexity index is 365. The Morgan fingerprint density at radius 3 is 2.81 bits per heavy atom. The molecule has 0 bridgehead atoms. The van der Waals surface area contributed by atoms with Crippen molar-refractivity contribution in [1.82, 2.24) is 9.97 Å². The van der Waals surface area contributed by atoms with Crippen molar-refractivity contribution in [3.63, 3.8) is 0 Å². The molecule has 0 radical (unpaired) electrons. The summed E-state index contributed by atoms with van der Waals surface area (Å²) >= 11 is 5.86. The topological polar surface area (TPSA) is 29.0 Å². The van der Waals surface area contributed by atoms with E-state index in [1.54, 1.807) is 12.4 Å². The van der Waals surface area contributed by atoms with Gasteiger partial charge in [0.25, 0.3) is 0 Å². The van der Waals surface area contributed by atoms with E-state index in [1.807, 2.05) is 0 Å². The number of nitrogens with zero attached hydrogens (tertiary/aromatic N) is 3. The van der Waals surface area contributed by atoms with Crippen LogP contribution in [0.1, 0.15) is 33.1 Å². The van der Waals surface area contributed by atoms with Crippen LogP contribution < -0.4 is 4.90 Å². The Labute approximate surface area is 102 Å². The van der Waals surface area contributed by atoms with E-state index in [4.69, 9.17) is 11.6 Å². The summed E-state index contributed by atoms with van der Waals surface area (Å²) < 4.78 is 0. The van der Waals surface area contributed by atoms with Crippen molar-refractivity contribution in [1.29, 1.82) is 0 Å². The summed E-state index contributed by atoms with van der Waals surface area (Å²) in [5, 5.41) is 0.473. The van der Waals surface area contributed by atoms with Crippen molar-refractivity contribution >= 4 is 17.4 Å². The zero-order valence-corrected chi connectivity index (χ0v) is 10.7. The Kier molecular flexibility index (Phi) is 3.33. The van der Waals surface area contributed by atoms with Crippen molar-refractivity contribution in [2.45, 2.75) is 33.1 Å². The SMILES string of the molecule is CC1(C)CCCN(c2cncc(Cl)n2)CC1. The maximum Gasteiger partial charge on any atom is 0.149 e. The van der Waals surface area contributed by atoms with Crippen LogP contribution in [0, 0.1) is 5.41 Å². The molecular weight excluding hydrogens is 222 g/mol. The maximum atomic E-state index is 5.86. The van der Waals surface area contributed by atoms with Gasteiger partial charge in [-0.15, -0.1) is 0 Å². The molecule has 2 rings (SSSR count). The van der Waals surface area contributed by atoms with Gasteiger partial charge >= 0.3 is 0 Å². The molecule has 88 valence electrons. The van der Waals surface area contributed by atoms with Crippen molar-refractivity contribution < 1.29 is 0 Å². The molecule has 4 heteroatoms. The van der Waals surface area contributed by atoms with Crippen molar-refractivity contribution in [3.8, 4) is 0 Å². The van der Waals surface area contributed by atoms with E-state index >= 15 is 0 Å². The van der Waals surface area contributed by atoms with E-state index < -0.39 is 0 Å². The van der Waals surface area contributed by atoms with Crippen LogP contribution in [0.3, 0.4) is 0 Å². The molecule has 0 N–H and O–H groups in total. The molecule has 1 aliphatic heterocycles. The number of aromatic nitrogens is 2. The maximum absolute atomic E-state index is 5.86. The third-order valence-corrected chi connectivity index (χ3v) is 3.44. The zero-order chi connectivity index (χ0) is 11.6. The second-order valence-corrected chi connectivity index (χ2v) is 5.59. The van der Waals surface area contributed by atoms with Crippen LogP contribution in [0.2, 0.25) is 5.15 Å². The highest BCUT2D eigenvalue weighted by Gasteiger charge is 2.23. The molecule has 0 saturated carbocycles. The molecule has 1 saturated heterocycles. The minimum absolute atomic E-state index is 0.445. The first kappa shape index (κ1) is 11.6. The van der Waals surface area contributed by atoms with Crippen LogP contribution in [0.5, 0.6) is 0 Å². The molecule has 1 aromatic rings. The van der Waals surface area contributed by atoms with Crippen LogP contribution in [0.25, 0.3) is 0 Å². The fourth-order valence-corrected chi connectivity index (χ4v) is 2.28. The largest absolute Gasteiger partial charge is 0.355 e. The number of anilines is 1. The third-order valence-electron chi connectivity index (χ3n) is 3.26. The Hall–Kier alpha value is -0.830. The Balaban J connectivity index is 2.11. The molecule has 1 fully saturated rings. The third kappa shape index (κ3) is 2.85. The summed E-state index contributed by atoms with van der Waals surface area (Å²) in [5.41, 5.74) is 0.445. The molecule has 0 amide bonds. The lowest BCUT2D eigenvalue weighted by Gasteiger charge is -2.23. The van der Waals surface area contributed by atoms with Gasteiger partial charge in [0, 0.05) is 13.1 Å². The summed E-state index contributed by atoms with van der Waals surface area (Å²) in [6.45, 7) is 6.76. The summed E-state index contributed by atoms with van der Waals surface area (Å²) in [6, 6.07) is 0. The van der Waals surface area contributed by atoms with Gasteiger partial charge in [-0.1, -0.05) is 25.4 Å². The van der Waals surface area contributed by atoms with Gasteiger partial charge in [-0.3, -0.25) is 4.98 Å². The van der Waals surface area contributed by atoms with Crippen LogP contribution in [-0.4, -0.2) is 23.1 Å². The van der Waals surface area contributed by atoms with Gasteiger partial charge in [0.15, 0.2) is 0 Å². The Morgan fingerprint density at radius 2 is 2.06 bits per heavy atom. The van der Waals surface area contributed by atoms with Crippen molar-refractivity contribution in [2.24, 2.45) is 5.41 Å². The van der Waals surface area contributed by atoms with Crippen molar-refractivity contribution in [3.05, 3.63) is 17.5 Å². The predicted octanol–water partition coefficient (Wildman–Crippen LogP) is 3.15. The average Bonchev–Trinajstić information content (AvgIpc) is 2.39. The van der Waals surface area contributed by atoms with E-state index in [0.717, 1.165) is 18.9 Å². The zero-order valence-electron chi connectivity index (χ0n) is 9.91. The molecule has 16 heavy (non-hydrogen) atoms. The molecular formula is C12H18ClN3. The van der Waals surface area contributed by atoms with E-state index in [-0.39, 0.29) is 0 Å². The summed E-state index contributed by atoms with van der Waals surface area (Å²) in [5.74, 6) is 0.908. The fourth-order valence-electron chi connectivity index (χ4n) is 2.14. The van der Waals surface area contributed by atoms with Gasteiger partial charge in [-0.2, -0.15) is 0 Å². The van der Waals surface area contributed by atoms with Gasteiger partial charge in [0.05, 0.1) is 12.4 Å².